The summed E-state index contributed by atoms with van der Waals surface area (Å²) in [6, 6.07) is 10.6. The lowest BCUT2D eigenvalue weighted by atomic mass is 9.98. The Morgan fingerprint density at radius 2 is 1.76 bits per heavy atom. The van der Waals surface area contributed by atoms with Crippen LogP contribution in [0.1, 0.15) is 22.8 Å². The lowest BCUT2D eigenvalue weighted by Crippen LogP contribution is -2.19. The largest absolute Gasteiger partial charge is 0.488 e. The molecule has 0 aliphatic carbocycles. The fourth-order valence-corrected chi connectivity index (χ4v) is 2.79. The highest BCUT2D eigenvalue weighted by Gasteiger charge is 2.27. The highest BCUT2D eigenvalue weighted by Crippen LogP contribution is 2.40. The van der Waals surface area contributed by atoms with Gasteiger partial charge >= 0.3 is 0 Å². The lowest BCUT2D eigenvalue weighted by Gasteiger charge is -2.19. The molecular weight excluding hydrogens is 322 g/mol. The lowest BCUT2D eigenvalue weighted by molar-refractivity contribution is -0.114. The SMILES string of the molecule is CC(=O)Nc1ccc(/C=C2/COc3cc4c(cc3C2=O)OCO4)cc1. The minimum atomic E-state index is -0.127. The maximum Gasteiger partial charge on any atom is 0.231 e. The molecule has 0 saturated heterocycles. The summed E-state index contributed by atoms with van der Waals surface area (Å²) in [6.45, 7) is 1.80. The number of ether oxygens (including phenoxy) is 3. The number of ketones is 1. The highest BCUT2D eigenvalue weighted by atomic mass is 16.7. The van der Waals surface area contributed by atoms with Crippen molar-refractivity contribution in [2.24, 2.45) is 0 Å². The number of fused-ring (bicyclic) bond motifs is 2. The summed E-state index contributed by atoms with van der Waals surface area (Å²) >= 11 is 0. The van der Waals surface area contributed by atoms with Crippen molar-refractivity contribution in [3.05, 3.63) is 53.1 Å². The molecule has 0 atom stereocenters. The molecule has 2 aliphatic rings. The first-order valence-electron chi connectivity index (χ1n) is 7.79. The molecule has 0 fully saturated rings. The molecule has 126 valence electrons. The molecule has 0 spiro atoms. The zero-order chi connectivity index (χ0) is 17.4. The Hall–Kier alpha value is -3.28. The van der Waals surface area contributed by atoms with Crippen molar-refractivity contribution in [2.75, 3.05) is 18.7 Å². The number of carbonyl (C=O) groups is 2. The van der Waals surface area contributed by atoms with Gasteiger partial charge in [-0.1, -0.05) is 12.1 Å². The van der Waals surface area contributed by atoms with Crippen molar-refractivity contribution < 1.29 is 23.8 Å². The second-order valence-corrected chi connectivity index (χ2v) is 5.79. The summed E-state index contributed by atoms with van der Waals surface area (Å²) in [4.78, 5) is 23.8. The topological polar surface area (TPSA) is 73.9 Å². The second-order valence-electron chi connectivity index (χ2n) is 5.79. The number of carbonyl (C=O) groups excluding carboxylic acids is 2. The molecule has 6 nitrogen and oxygen atoms in total. The van der Waals surface area contributed by atoms with E-state index in [1.165, 1.54) is 6.92 Å². The number of hydrogen-bond acceptors (Lipinski definition) is 5. The van der Waals surface area contributed by atoms with Gasteiger partial charge in [0.2, 0.25) is 12.7 Å². The predicted octanol–water partition coefficient (Wildman–Crippen LogP) is 3.03. The number of Topliss-reactive ketones (excluding diaryl/α,β-unsaturated/α-hetero) is 1. The molecule has 2 aromatic rings. The Kier molecular flexibility index (Phi) is 3.65. The number of nitrogens with one attached hydrogen (secondary N) is 1. The normalized spacial score (nSPS) is 16.4. The van der Waals surface area contributed by atoms with E-state index in [2.05, 4.69) is 5.32 Å². The second kappa shape index (κ2) is 5.98. The van der Waals surface area contributed by atoms with E-state index in [1.807, 2.05) is 12.1 Å². The van der Waals surface area contributed by atoms with E-state index in [9.17, 15) is 9.59 Å². The maximum atomic E-state index is 12.7. The fourth-order valence-electron chi connectivity index (χ4n) is 2.79. The first kappa shape index (κ1) is 15.3. The molecule has 1 N–H and O–H groups in total. The number of hydrogen-bond donors (Lipinski definition) is 1. The van der Waals surface area contributed by atoms with Crippen LogP contribution in [0.4, 0.5) is 5.69 Å². The average molecular weight is 337 g/mol. The molecule has 0 radical (unpaired) electrons. The molecule has 1 amide bonds. The van der Waals surface area contributed by atoms with Crippen molar-refractivity contribution in [3.8, 4) is 17.2 Å². The summed E-state index contributed by atoms with van der Waals surface area (Å²) in [6.07, 6.45) is 1.79. The van der Waals surface area contributed by atoms with Crippen LogP contribution in [-0.4, -0.2) is 25.1 Å². The predicted molar refractivity (Wildman–Crippen MR) is 91.1 cm³/mol. The molecule has 2 aromatic carbocycles. The fraction of sp³-hybridized carbons (Fsp3) is 0.158. The molecule has 0 unspecified atom stereocenters. The number of benzene rings is 2. The van der Waals surface area contributed by atoms with Gasteiger partial charge in [-0.25, -0.2) is 0 Å². The molecule has 2 aliphatic heterocycles. The van der Waals surface area contributed by atoms with Crippen molar-refractivity contribution in [1.82, 2.24) is 0 Å². The van der Waals surface area contributed by atoms with Crippen LogP contribution in [0, 0.1) is 0 Å². The maximum absolute atomic E-state index is 12.7. The van der Waals surface area contributed by atoms with E-state index in [0.29, 0.717) is 34.1 Å². The summed E-state index contributed by atoms with van der Waals surface area (Å²) in [7, 11) is 0. The Labute approximate surface area is 144 Å². The molecule has 2 heterocycles. The van der Waals surface area contributed by atoms with Crippen molar-refractivity contribution in [3.63, 3.8) is 0 Å². The van der Waals surface area contributed by atoms with Crippen molar-refractivity contribution in [2.45, 2.75) is 6.92 Å². The monoisotopic (exact) mass is 337 g/mol. The van der Waals surface area contributed by atoms with Gasteiger partial charge in [-0.05, 0) is 29.8 Å². The van der Waals surface area contributed by atoms with Crippen LogP contribution in [0.5, 0.6) is 17.2 Å². The van der Waals surface area contributed by atoms with Crippen LogP contribution in [0.2, 0.25) is 0 Å². The van der Waals surface area contributed by atoms with Crippen LogP contribution in [0.15, 0.2) is 42.0 Å². The molecule has 0 aromatic heterocycles. The summed E-state index contributed by atoms with van der Waals surface area (Å²) < 4.78 is 16.3. The minimum absolute atomic E-state index is 0.0921. The van der Waals surface area contributed by atoms with Gasteiger partial charge in [-0.15, -0.1) is 0 Å². The average Bonchev–Trinajstić information content (AvgIpc) is 3.04. The standard InChI is InChI=1S/C19H15NO5/c1-11(21)20-14-4-2-12(3-5-14)6-13-9-23-16-8-18-17(24-10-25-18)7-15(16)19(13)22/h2-8H,9-10H2,1H3,(H,20,21)/b13-6-. The zero-order valence-corrected chi connectivity index (χ0v) is 13.5. The van der Waals surface area contributed by atoms with Crippen molar-refractivity contribution >= 4 is 23.5 Å². The smallest absolute Gasteiger partial charge is 0.231 e. The molecule has 25 heavy (non-hydrogen) atoms. The van der Waals surface area contributed by atoms with Crippen LogP contribution < -0.4 is 19.5 Å². The van der Waals surface area contributed by atoms with Gasteiger partial charge in [-0.2, -0.15) is 0 Å². The Morgan fingerprint density at radius 3 is 2.48 bits per heavy atom. The van der Waals surface area contributed by atoms with Gasteiger partial charge in [0.25, 0.3) is 0 Å². The quantitative estimate of drug-likeness (QED) is 0.853. The highest BCUT2D eigenvalue weighted by molar-refractivity contribution is 6.14. The van der Waals surface area contributed by atoms with Crippen LogP contribution in [-0.2, 0) is 4.79 Å². The summed E-state index contributed by atoms with van der Waals surface area (Å²) in [5.41, 5.74) is 2.58. The van der Waals surface area contributed by atoms with E-state index in [0.717, 1.165) is 5.56 Å². The number of anilines is 1. The van der Waals surface area contributed by atoms with Gasteiger partial charge < -0.3 is 19.5 Å². The third kappa shape index (κ3) is 2.94. The third-order valence-corrected chi connectivity index (χ3v) is 3.97. The minimum Gasteiger partial charge on any atom is -0.488 e. The molecular formula is C19H15NO5. The van der Waals surface area contributed by atoms with Gasteiger partial charge in [0.1, 0.15) is 12.4 Å². The first-order valence-corrected chi connectivity index (χ1v) is 7.79. The number of rotatable bonds is 2. The summed E-state index contributed by atoms with van der Waals surface area (Å²) in [5.74, 6) is 1.43. The Bertz CT molecular complexity index is 899. The molecule has 6 heteroatoms. The van der Waals surface area contributed by atoms with Gasteiger partial charge in [-0.3, -0.25) is 9.59 Å². The van der Waals surface area contributed by atoms with Crippen LogP contribution in [0.25, 0.3) is 6.08 Å². The van der Waals surface area contributed by atoms with E-state index < -0.39 is 0 Å². The molecule has 4 rings (SSSR count). The number of amides is 1. The van der Waals surface area contributed by atoms with E-state index in [1.54, 1.807) is 30.3 Å². The van der Waals surface area contributed by atoms with E-state index in [-0.39, 0.29) is 25.1 Å². The van der Waals surface area contributed by atoms with E-state index >= 15 is 0 Å². The van der Waals surface area contributed by atoms with Gasteiger partial charge in [0.05, 0.1) is 5.56 Å². The van der Waals surface area contributed by atoms with Gasteiger partial charge in [0, 0.05) is 24.3 Å². The third-order valence-electron chi connectivity index (χ3n) is 3.97. The van der Waals surface area contributed by atoms with Crippen molar-refractivity contribution in [1.29, 1.82) is 0 Å². The summed E-state index contributed by atoms with van der Waals surface area (Å²) in [5, 5.41) is 2.70. The Morgan fingerprint density at radius 1 is 1.04 bits per heavy atom. The van der Waals surface area contributed by atoms with E-state index in [4.69, 9.17) is 14.2 Å². The van der Waals surface area contributed by atoms with Crippen LogP contribution >= 0.6 is 0 Å². The van der Waals surface area contributed by atoms with Crippen LogP contribution in [0.3, 0.4) is 0 Å². The molecule has 0 bridgehead atoms. The Balaban J connectivity index is 1.60. The zero-order valence-electron chi connectivity index (χ0n) is 13.5. The first-order chi connectivity index (χ1) is 12.1. The molecule has 0 saturated carbocycles. The van der Waals surface area contributed by atoms with Gasteiger partial charge in [0.15, 0.2) is 17.3 Å².